The Bertz CT molecular complexity index is 611. The number of halogens is 3. The van der Waals surface area contributed by atoms with E-state index in [9.17, 15) is 8.78 Å². The zero-order valence-corrected chi connectivity index (χ0v) is 12.8. The standard InChI is InChI=1S/C17H18ClF2N/c1-3-4-11-5-7-12(8-6-11)17(21-2)13-9-16(20)14(18)10-15(13)19/h5-10,17,21H,3-4H2,1-2H3. The van der Waals surface area contributed by atoms with E-state index in [1.54, 1.807) is 7.05 Å². The van der Waals surface area contributed by atoms with Crippen LogP contribution in [0.15, 0.2) is 36.4 Å². The van der Waals surface area contributed by atoms with Crippen molar-refractivity contribution in [1.29, 1.82) is 0 Å². The molecule has 0 bridgehead atoms. The van der Waals surface area contributed by atoms with Crippen LogP contribution in [-0.2, 0) is 6.42 Å². The fraction of sp³-hybridized carbons (Fsp3) is 0.294. The van der Waals surface area contributed by atoms with Gasteiger partial charge in [0.25, 0.3) is 0 Å². The molecule has 1 nitrogen and oxygen atoms in total. The molecule has 21 heavy (non-hydrogen) atoms. The molecule has 0 heterocycles. The van der Waals surface area contributed by atoms with E-state index in [0.29, 0.717) is 0 Å². The summed E-state index contributed by atoms with van der Waals surface area (Å²) >= 11 is 5.60. The minimum absolute atomic E-state index is 0.204. The Labute approximate surface area is 128 Å². The van der Waals surface area contributed by atoms with E-state index in [2.05, 4.69) is 12.2 Å². The van der Waals surface area contributed by atoms with Crippen molar-refractivity contribution in [3.8, 4) is 0 Å². The van der Waals surface area contributed by atoms with E-state index in [1.165, 1.54) is 5.56 Å². The third-order valence-corrected chi connectivity index (χ3v) is 3.78. The molecule has 0 aliphatic rings. The third-order valence-electron chi connectivity index (χ3n) is 3.49. The first kappa shape index (κ1) is 15.9. The van der Waals surface area contributed by atoms with Crippen LogP contribution in [0.3, 0.4) is 0 Å². The molecule has 0 radical (unpaired) electrons. The summed E-state index contributed by atoms with van der Waals surface area (Å²) in [6, 6.07) is 9.69. The van der Waals surface area contributed by atoms with E-state index in [4.69, 9.17) is 11.6 Å². The minimum Gasteiger partial charge on any atom is -0.309 e. The lowest BCUT2D eigenvalue weighted by Gasteiger charge is -2.19. The number of benzene rings is 2. The minimum atomic E-state index is -0.615. The first-order valence-electron chi connectivity index (χ1n) is 6.97. The Morgan fingerprint density at radius 3 is 2.33 bits per heavy atom. The molecule has 0 amide bonds. The second-order valence-corrected chi connectivity index (χ2v) is 5.41. The van der Waals surface area contributed by atoms with Crippen LogP contribution >= 0.6 is 11.6 Å². The van der Waals surface area contributed by atoms with E-state index in [0.717, 1.165) is 30.5 Å². The highest BCUT2D eigenvalue weighted by atomic mass is 35.5. The number of aryl methyl sites for hydroxylation is 1. The molecule has 1 N–H and O–H groups in total. The van der Waals surface area contributed by atoms with Crippen molar-refractivity contribution < 1.29 is 8.78 Å². The highest BCUT2D eigenvalue weighted by Crippen LogP contribution is 2.28. The van der Waals surface area contributed by atoms with Crippen molar-refractivity contribution in [1.82, 2.24) is 5.32 Å². The zero-order valence-electron chi connectivity index (χ0n) is 12.1. The molecule has 0 aromatic heterocycles. The van der Waals surface area contributed by atoms with Crippen molar-refractivity contribution in [2.24, 2.45) is 0 Å². The Balaban J connectivity index is 2.37. The lowest BCUT2D eigenvalue weighted by atomic mass is 9.96. The number of hydrogen-bond donors (Lipinski definition) is 1. The molecule has 1 unspecified atom stereocenters. The van der Waals surface area contributed by atoms with Gasteiger partial charge in [0.2, 0.25) is 0 Å². The number of nitrogens with one attached hydrogen (secondary N) is 1. The molecule has 1 atom stereocenters. The summed E-state index contributed by atoms with van der Waals surface area (Å²) in [4.78, 5) is 0. The van der Waals surface area contributed by atoms with E-state index >= 15 is 0 Å². The molecule has 0 saturated carbocycles. The molecular weight excluding hydrogens is 292 g/mol. The topological polar surface area (TPSA) is 12.0 Å². The van der Waals surface area contributed by atoms with Crippen LogP contribution in [0.4, 0.5) is 8.78 Å². The molecule has 0 spiro atoms. The molecule has 0 aliphatic heterocycles. The number of hydrogen-bond acceptors (Lipinski definition) is 1. The fourth-order valence-corrected chi connectivity index (χ4v) is 2.58. The van der Waals surface area contributed by atoms with Gasteiger partial charge < -0.3 is 5.32 Å². The molecule has 2 rings (SSSR count). The maximum absolute atomic E-state index is 14.1. The van der Waals surface area contributed by atoms with Gasteiger partial charge >= 0.3 is 0 Å². The molecule has 2 aromatic carbocycles. The Morgan fingerprint density at radius 2 is 1.76 bits per heavy atom. The average Bonchev–Trinajstić information content (AvgIpc) is 2.47. The third kappa shape index (κ3) is 3.60. The quantitative estimate of drug-likeness (QED) is 0.776. The van der Waals surface area contributed by atoms with Gasteiger partial charge in [-0.15, -0.1) is 0 Å². The van der Waals surface area contributed by atoms with Crippen molar-refractivity contribution in [3.63, 3.8) is 0 Å². The predicted octanol–water partition coefficient (Wildman–Crippen LogP) is 4.88. The van der Waals surface area contributed by atoms with Crippen molar-refractivity contribution >= 4 is 11.6 Å². The van der Waals surface area contributed by atoms with Crippen molar-refractivity contribution in [3.05, 3.63) is 69.7 Å². The predicted molar refractivity (Wildman–Crippen MR) is 82.7 cm³/mol. The number of rotatable bonds is 5. The zero-order chi connectivity index (χ0) is 15.4. The van der Waals surface area contributed by atoms with Gasteiger partial charge in [-0.1, -0.05) is 49.2 Å². The molecule has 2 aromatic rings. The van der Waals surface area contributed by atoms with E-state index in [-0.39, 0.29) is 10.6 Å². The van der Waals surface area contributed by atoms with E-state index < -0.39 is 17.7 Å². The lowest BCUT2D eigenvalue weighted by Crippen LogP contribution is -2.19. The molecule has 4 heteroatoms. The second-order valence-electron chi connectivity index (χ2n) is 5.00. The largest absolute Gasteiger partial charge is 0.309 e. The summed E-state index contributed by atoms with van der Waals surface area (Å²) < 4.78 is 27.7. The molecule has 112 valence electrons. The monoisotopic (exact) mass is 309 g/mol. The van der Waals surface area contributed by atoms with Gasteiger partial charge in [-0.25, -0.2) is 8.78 Å². The first-order valence-corrected chi connectivity index (χ1v) is 7.35. The Morgan fingerprint density at radius 1 is 1.10 bits per heavy atom. The van der Waals surface area contributed by atoms with Gasteiger partial charge in [-0.2, -0.15) is 0 Å². The van der Waals surface area contributed by atoms with E-state index in [1.807, 2.05) is 24.3 Å². The maximum atomic E-state index is 14.1. The first-order chi connectivity index (χ1) is 10.1. The van der Waals surface area contributed by atoms with Gasteiger partial charge in [0, 0.05) is 5.56 Å². The van der Waals surface area contributed by atoms with Gasteiger partial charge in [0.15, 0.2) is 0 Å². The van der Waals surface area contributed by atoms with Crippen LogP contribution in [0.25, 0.3) is 0 Å². The summed E-state index contributed by atoms with van der Waals surface area (Å²) in [6.45, 7) is 2.12. The van der Waals surface area contributed by atoms with Crippen LogP contribution in [0.2, 0.25) is 5.02 Å². The van der Waals surface area contributed by atoms with Crippen LogP contribution in [0.5, 0.6) is 0 Å². The summed E-state index contributed by atoms with van der Waals surface area (Å²) in [5.74, 6) is -1.13. The average molecular weight is 310 g/mol. The van der Waals surface area contributed by atoms with Crippen molar-refractivity contribution in [2.75, 3.05) is 7.05 Å². The van der Waals surface area contributed by atoms with Crippen LogP contribution in [0, 0.1) is 11.6 Å². The SMILES string of the molecule is CCCc1ccc(C(NC)c2cc(F)c(Cl)cc2F)cc1. The van der Waals surface area contributed by atoms with Crippen LogP contribution in [0.1, 0.15) is 36.1 Å². The fourth-order valence-electron chi connectivity index (χ4n) is 2.43. The van der Waals surface area contributed by atoms with Crippen molar-refractivity contribution in [2.45, 2.75) is 25.8 Å². The maximum Gasteiger partial charge on any atom is 0.142 e. The van der Waals surface area contributed by atoms with Gasteiger partial charge in [-0.3, -0.25) is 0 Å². The highest BCUT2D eigenvalue weighted by molar-refractivity contribution is 6.30. The van der Waals surface area contributed by atoms with Crippen LogP contribution < -0.4 is 5.32 Å². The smallest absolute Gasteiger partial charge is 0.142 e. The van der Waals surface area contributed by atoms with Gasteiger partial charge in [0.1, 0.15) is 11.6 Å². The Hall–Kier alpha value is -1.45. The second kappa shape index (κ2) is 7.01. The Kier molecular flexibility index (Phi) is 5.32. The summed E-state index contributed by atoms with van der Waals surface area (Å²) in [6.07, 6.45) is 2.08. The van der Waals surface area contributed by atoms with Gasteiger partial charge in [0.05, 0.1) is 11.1 Å². The summed E-state index contributed by atoms with van der Waals surface area (Å²) in [7, 11) is 1.72. The molecule has 0 fully saturated rings. The summed E-state index contributed by atoms with van der Waals surface area (Å²) in [5, 5.41) is 2.82. The molecular formula is C17H18ClF2N. The highest BCUT2D eigenvalue weighted by Gasteiger charge is 2.18. The lowest BCUT2D eigenvalue weighted by molar-refractivity contribution is 0.558. The van der Waals surface area contributed by atoms with Gasteiger partial charge in [-0.05, 0) is 36.7 Å². The molecule has 0 saturated heterocycles. The normalized spacial score (nSPS) is 12.4. The van der Waals surface area contributed by atoms with Crippen LogP contribution in [-0.4, -0.2) is 7.05 Å². The summed E-state index contributed by atoms with van der Waals surface area (Å²) in [5.41, 5.74) is 2.37. The molecule has 0 aliphatic carbocycles.